The Balaban J connectivity index is 3.38. The fourth-order valence-electron chi connectivity index (χ4n) is 1.61. The largest absolute Gasteiger partial charge is 0.322 e. The molecule has 0 aliphatic rings. The molecule has 17 heavy (non-hydrogen) atoms. The van der Waals surface area contributed by atoms with Crippen LogP contribution in [0.25, 0.3) is 0 Å². The van der Waals surface area contributed by atoms with E-state index in [1.807, 2.05) is 6.92 Å². The molecule has 104 valence electrons. The molecular weight excluding hydrogens is 251 g/mol. The van der Waals surface area contributed by atoms with Gasteiger partial charge in [0, 0.05) is 12.4 Å². The highest BCUT2D eigenvalue weighted by Gasteiger charge is 2.14. The quantitative estimate of drug-likeness (QED) is 0.407. The molecular formula is C13H29O2PS. The van der Waals surface area contributed by atoms with Gasteiger partial charge >= 0.3 is 0 Å². The lowest BCUT2D eigenvalue weighted by atomic mass is 9.89. The zero-order valence-corrected chi connectivity index (χ0v) is 13.8. The molecule has 1 unspecified atom stereocenters. The molecule has 0 rings (SSSR count). The van der Waals surface area contributed by atoms with E-state index in [0.29, 0.717) is 12.0 Å². The van der Waals surface area contributed by atoms with Crippen LogP contribution < -0.4 is 0 Å². The van der Waals surface area contributed by atoms with E-state index in [0.717, 1.165) is 12.2 Å². The van der Waals surface area contributed by atoms with Gasteiger partial charge < -0.3 is 4.52 Å². The molecule has 0 radical (unpaired) electrons. The smallest absolute Gasteiger partial charge is 0.254 e. The predicted octanol–water partition coefficient (Wildman–Crippen LogP) is 5.58. The molecule has 0 saturated carbocycles. The van der Waals surface area contributed by atoms with Gasteiger partial charge in [-0.25, -0.2) is 0 Å². The van der Waals surface area contributed by atoms with E-state index < -0.39 is 6.57 Å². The Bertz CT molecular complexity index is 236. The van der Waals surface area contributed by atoms with Crippen LogP contribution in [0, 0.1) is 5.41 Å². The third-order valence-corrected chi connectivity index (χ3v) is 6.45. The highest BCUT2D eigenvalue weighted by molar-refractivity contribution is 8.56. The van der Waals surface area contributed by atoms with Crippen molar-refractivity contribution in [2.24, 2.45) is 5.41 Å². The molecule has 2 nitrogen and oxygen atoms in total. The molecule has 0 fully saturated rings. The molecule has 0 saturated heterocycles. The van der Waals surface area contributed by atoms with Crippen molar-refractivity contribution in [1.82, 2.24) is 0 Å². The van der Waals surface area contributed by atoms with Gasteiger partial charge in [-0.2, -0.15) is 0 Å². The maximum absolute atomic E-state index is 11.8. The Hall–Kier alpha value is 0.540. The maximum Gasteiger partial charge on any atom is 0.254 e. The molecule has 4 heteroatoms. The fraction of sp³-hybridized carbons (Fsp3) is 1.00. The Morgan fingerprint density at radius 3 is 2.24 bits per heavy atom. The van der Waals surface area contributed by atoms with Gasteiger partial charge in [0.05, 0.1) is 6.61 Å². The van der Waals surface area contributed by atoms with E-state index in [4.69, 9.17) is 4.52 Å². The van der Waals surface area contributed by atoms with Gasteiger partial charge in [0.15, 0.2) is 0 Å². The highest BCUT2D eigenvalue weighted by atomic mass is 32.7. The monoisotopic (exact) mass is 280 g/mol. The van der Waals surface area contributed by atoms with Crippen molar-refractivity contribution in [3.8, 4) is 0 Å². The van der Waals surface area contributed by atoms with Crippen LogP contribution in [0.4, 0.5) is 0 Å². The summed E-state index contributed by atoms with van der Waals surface area (Å²) in [5.74, 6) is 0.962. The van der Waals surface area contributed by atoms with Crippen molar-refractivity contribution in [3.05, 3.63) is 0 Å². The van der Waals surface area contributed by atoms with E-state index in [1.165, 1.54) is 37.1 Å². The van der Waals surface area contributed by atoms with E-state index >= 15 is 0 Å². The summed E-state index contributed by atoms with van der Waals surface area (Å²) in [5.41, 5.74) is 0.461. The first-order valence-corrected chi connectivity index (χ1v) is 10.3. The average molecular weight is 280 g/mol. The van der Waals surface area contributed by atoms with Gasteiger partial charge in [-0.05, 0) is 25.2 Å². The van der Waals surface area contributed by atoms with Gasteiger partial charge in [0.1, 0.15) is 0 Å². The first-order chi connectivity index (χ1) is 7.77. The summed E-state index contributed by atoms with van der Waals surface area (Å²) in [6, 6.07) is 0. The van der Waals surface area contributed by atoms with E-state index in [1.54, 1.807) is 6.66 Å². The van der Waals surface area contributed by atoms with Crippen molar-refractivity contribution in [1.29, 1.82) is 0 Å². The summed E-state index contributed by atoms with van der Waals surface area (Å²) in [5, 5.41) is 0. The van der Waals surface area contributed by atoms with Gasteiger partial charge in [-0.1, -0.05) is 51.4 Å². The van der Waals surface area contributed by atoms with E-state index in [2.05, 4.69) is 20.8 Å². The fourth-order valence-corrected chi connectivity index (χ4v) is 4.74. The predicted molar refractivity (Wildman–Crippen MR) is 80.2 cm³/mol. The van der Waals surface area contributed by atoms with Crippen LogP contribution in [0.15, 0.2) is 0 Å². The summed E-state index contributed by atoms with van der Waals surface area (Å²) >= 11 is 1.50. The van der Waals surface area contributed by atoms with Crippen molar-refractivity contribution < 1.29 is 9.09 Å². The van der Waals surface area contributed by atoms with Crippen molar-refractivity contribution in [2.75, 3.05) is 19.0 Å². The van der Waals surface area contributed by atoms with E-state index in [9.17, 15) is 4.57 Å². The van der Waals surface area contributed by atoms with Crippen LogP contribution in [0.1, 0.15) is 59.8 Å². The number of hydrogen-bond acceptors (Lipinski definition) is 3. The lowest BCUT2D eigenvalue weighted by Gasteiger charge is -2.17. The lowest BCUT2D eigenvalue weighted by Crippen LogP contribution is -2.03. The first-order valence-electron chi connectivity index (χ1n) is 6.63. The second kappa shape index (κ2) is 8.61. The van der Waals surface area contributed by atoms with Gasteiger partial charge in [0.2, 0.25) is 0 Å². The summed E-state index contributed by atoms with van der Waals surface area (Å²) in [4.78, 5) is 0. The molecule has 0 aliphatic heterocycles. The molecule has 0 spiro atoms. The van der Waals surface area contributed by atoms with Gasteiger partial charge in [0.25, 0.3) is 6.57 Å². The minimum atomic E-state index is -2.36. The topological polar surface area (TPSA) is 26.3 Å². The molecule has 0 aromatic rings. The number of hydrogen-bond donors (Lipinski definition) is 0. The summed E-state index contributed by atoms with van der Waals surface area (Å²) < 4.78 is 17.0. The third-order valence-electron chi connectivity index (χ3n) is 2.51. The molecule has 0 heterocycles. The molecule has 0 aliphatic carbocycles. The SMILES string of the molecule is CCOP(C)(=O)SCCCCCCC(C)(C)C. The Kier molecular flexibility index (Phi) is 8.88. The minimum absolute atomic E-state index is 0.461. The molecule has 0 bridgehead atoms. The summed E-state index contributed by atoms with van der Waals surface area (Å²) in [7, 11) is 0. The average Bonchev–Trinajstić information content (AvgIpc) is 2.14. The first kappa shape index (κ1) is 17.5. The summed E-state index contributed by atoms with van der Waals surface area (Å²) in [6.07, 6.45) is 6.30. The van der Waals surface area contributed by atoms with Crippen molar-refractivity contribution in [3.63, 3.8) is 0 Å². The van der Waals surface area contributed by atoms with Crippen LogP contribution in [-0.4, -0.2) is 19.0 Å². The minimum Gasteiger partial charge on any atom is -0.322 e. The molecule has 1 atom stereocenters. The zero-order chi connectivity index (χ0) is 13.4. The van der Waals surface area contributed by atoms with Crippen LogP contribution in [0.3, 0.4) is 0 Å². The van der Waals surface area contributed by atoms with Crippen LogP contribution in [0.2, 0.25) is 0 Å². The number of rotatable bonds is 9. The molecule has 0 N–H and O–H groups in total. The summed E-state index contributed by atoms with van der Waals surface area (Å²) in [6.45, 7) is 8.67. The van der Waals surface area contributed by atoms with Crippen LogP contribution in [-0.2, 0) is 9.09 Å². The Morgan fingerprint density at radius 1 is 1.12 bits per heavy atom. The highest BCUT2D eigenvalue weighted by Crippen LogP contribution is 2.56. The van der Waals surface area contributed by atoms with Gasteiger partial charge in [-0.3, -0.25) is 4.57 Å². The van der Waals surface area contributed by atoms with Crippen molar-refractivity contribution in [2.45, 2.75) is 59.8 Å². The van der Waals surface area contributed by atoms with E-state index in [-0.39, 0.29) is 0 Å². The second-order valence-corrected chi connectivity index (χ2v) is 11.0. The molecule has 0 aromatic heterocycles. The zero-order valence-electron chi connectivity index (χ0n) is 12.1. The van der Waals surface area contributed by atoms with Gasteiger partial charge in [-0.15, -0.1) is 0 Å². The standard InChI is InChI=1S/C13H29O2PS/c1-6-15-16(5,14)17-12-10-8-7-9-11-13(2,3)4/h6-12H2,1-5H3. The Labute approximate surface area is 111 Å². The second-order valence-electron chi connectivity index (χ2n) is 5.75. The Morgan fingerprint density at radius 2 is 1.71 bits per heavy atom. The number of unbranched alkanes of at least 4 members (excludes halogenated alkanes) is 3. The molecule has 0 aromatic carbocycles. The lowest BCUT2D eigenvalue weighted by molar-refractivity contribution is 0.350. The normalized spacial score (nSPS) is 15.8. The van der Waals surface area contributed by atoms with Crippen LogP contribution in [0.5, 0.6) is 0 Å². The van der Waals surface area contributed by atoms with Crippen molar-refractivity contribution >= 4 is 18.0 Å². The maximum atomic E-state index is 11.8. The third kappa shape index (κ3) is 12.8. The van der Waals surface area contributed by atoms with Crippen LogP contribution >= 0.6 is 18.0 Å². The molecule has 0 amide bonds.